The fourth-order valence-corrected chi connectivity index (χ4v) is 2.28. The van der Waals surface area contributed by atoms with Crippen molar-refractivity contribution in [3.8, 4) is 5.75 Å². The van der Waals surface area contributed by atoms with Gasteiger partial charge in [-0.05, 0) is 34.7 Å². The number of carbonyl (C=O) groups excluding carboxylic acids is 1. The summed E-state index contributed by atoms with van der Waals surface area (Å²) < 4.78 is 7.47. The van der Waals surface area contributed by atoms with E-state index >= 15 is 0 Å². The minimum absolute atomic E-state index is 0.187. The predicted molar refractivity (Wildman–Crippen MR) is 76.9 cm³/mol. The first-order valence-corrected chi connectivity index (χ1v) is 6.32. The fourth-order valence-electron chi connectivity index (χ4n) is 1.56. The molecule has 0 radical (unpaired) electrons. The zero-order chi connectivity index (χ0) is 13.1. The minimum atomic E-state index is -0.187. The van der Waals surface area contributed by atoms with Crippen molar-refractivity contribution in [1.82, 2.24) is 9.78 Å². The molecule has 1 aromatic heterocycles. The standard InChI is InChI=1S/C12H12IN3O2/c1-16-11(10(13)7-14-16)12(17)15-8-4-3-5-9(6-8)18-2/h3-7H,1-2H3,(H,15,17). The number of benzene rings is 1. The monoisotopic (exact) mass is 357 g/mol. The second kappa shape index (κ2) is 5.38. The molecule has 2 aromatic rings. The molecule has 0 aliphatic rings. The van der Waals surface area contributed by atoms with Crippen LogP contribution in [0.5, 0.6) is 5.75 Å². The number of rotatable bonds is 3. The molecule has 1 N–H and O–H groups in total. The Bertz CT molecular complexity index is 561. The third-order valence-electron chi connectivity index (χ3n) is 2.44. The maximum absolute atomic E-state index is 12.1. The Hall–Kier alpha value is -1.57. The minimum Gasteiger partial charge on any atom is -0.497 e. The largest absolute Gasteiger partial charge is 0.497 e. The van der Waals surface area contributed by atoms with Crippen molar-refractivity contribution in [2.45, 2.75) is 0 Å². The number of anilines is 1. The topological polar surface area (TPSA) is 56.1 Å². The lowest BCUT2D eigenvalue weighted by Crippen LogP contribution is -2.17. The van der Waals surface area contributed by atoms with Gasteiger partial charge in [-0.25, -0.2) is 0 Å². The number of aromatic nitrogens is 2. The van der Waals surface area contributed by atoms with Crippen molar-refractivity contribution in [2.75, 3.05) is 12.4 Å². The number of hydrogen-bond acceptors (Lipinski definition) is 3. The summed E-state index contributed by atoms with van der Waals surface area (Å²) in [5.74, 6) is 0.514. The quantitative estimate of drug-likeness (QED) is 0.858. The Kier molecular flexibility index (Phi) is 3.85. The highest BCUT2D eigenvalue weighted by Gasteiger charge is 2.15. The Morgan fingerprint density at radius 1 is 1.50 bits per heavy atom. The van der Waals surface area contributed by atoms with Crippen molar-refractivity contribution >= 4 is 34.2 Å². The highest BCUT2D eigenvalue weighted by molar-refractivity contribution is 14.1. The number of nitrogens with zero attached hydrogens (tertiary/aromatic N) is 2. The summed E-state index contributed by atoms with van der Waals surface area (Å²) in [5.41, 5.74) is 1.23. The van der Waals surface area contributed by atoms with E-state index in [4.69, 9.17) is 4.74 Å². The second-order valence-corrected chi connectivity index (χ2v) is 4.81. The maximum Gasteiger partial charge on any atom is 0.275 e. The van der Waals surface area contributed by atoms with Gasteiger partial charge in [0.05, 0.1) is 16.9 Å². The molecule has 0 aliphatic heterocycles. The number of amides is 1. The van der Waals surface area contributed by atoms with Crippen LogP contribution in [0, 0.1) is 3.57 Å². The molecule has 18 heavy (non-hydrogen) atoms. The first-order chi connectivity index (χ1) is 8.61. The van der Waals surface area contributed by atoms with Gasteiger partial charge in [0.15, 0.2) is 0 Å². The van der Waals surface area contributed by atoms with Crippen molar-refractivity contribution in [3.05, 3.63) is 39.7 Å². The molecule has 0 spiro atoms. The number of carbonyl (C=O) groups is 1. The van der Waals surface area contributed by atoms with Crippen molar-refractivity contribution in [2.24, 2.45) is 7.05 Å². The van der Waals surface area contributed by atoms with E-state index in [9.17, 15) is 4.79 Å². The number of halogens is 1. The average Bonchev–Trinajstić information content (AvgIpc) is 2.69. The third-order valence-corrected chi connectivity index (χ3v) is 3.23. The normalized spacial score (nSPS) is 10.2. The average molecular weight is 357 g/mol. The molecule has 0 atom stereocenters. The summed E-state index contributed by atoms with van der Waals surface area (Å²) in [7, 11) is 3.33. The van der Waals surface area contributed by atoms with E-state index in [0.717, 1.165) is 3.57 Å². The van der Waals surface area contributed by atoms with Gasteiger partial charge in [-0.3, -0.25) is 9.48 Å². The Morgan fingerprint density at radius 3 is 2.89 bits per heavy atom. The lowest BCUT2D eigenvalue weighted by molar-refractivity contribution is 0.101. The molecule has 2 rings (SSSR count). The zero-order valence-electron chi connectivity index (χ0n) is 9.98. The van der Waals surface area contributed by atoms with Crippen molar-refractivity contribution < 1.29 is 9.53 Å². The van der Waals surface area contributed by atoms with Gasteiger partial charge in [-0.1, -0.05) is 6.07 Å². The van der Waals surface area contributed by atoms with Crippen LogP contribution < -0.4 is 10.1 Å². The lowest BCUT2D eigenvalue weighted by Gasteiger charge is -2.07. The molecule has 6 heteroatoms. The molecular formula is C12H12IN3O2. The number of nitrogens with one attached hydrogen (secondary N) is 1. The van der Waals surface area contributed by atoms with Gasteiger partial charge >= 0.3 is 0 Å². The summed E-state index contributed by atoms with van der Waals surface area (Å²) >= 11 is 2.08. The van der Waals surface area contributed by atoms with Gasteiger partial charge in [0.2, 0.25) is 0 Å². The van der Waals surface area contributed by atoms with E-state index in [2.05, 4.69) is 33.0 Å². The van der Waals surface area contributed by atoms with E-state index in [0.29, 0.717) is 17.1 Å². The highest BCUT2D eigenvalue weighted by atomic mass is 127. The highest BCUT2D eigenvalue weighted by Crippen LogP contribution is 2.18. The summed E-state index contributed by atoms with van der Waals surface area (Å²) in [6, 6.07) is 7.22. The smallest absolute Gasteiger partial charge is 0.275 e. The molecule has 0 saturated carbocycles. The first-order valence-electron chi connectivity index (χ1n) is 5.24. The number of aryl methyl sites for hydroxylation is 1. The van der Waals surface area contributed by atoms with E-state index in [-0.39, 0.29) is 5.91 Å². The molecule has 0 fully saturated rings. The van der Waals surface area contributed by atoms with Crippen LogP contribution in [0.3, 0.4) is 0 Å². The first kappa shape index (κ1) is 12.9. The molecule has 1 heterocycles. The van der Waals surface area contributed by atoms with E-state index in [1.54, 1.807) is 31.1 Å². The van der Waals surface area contributed by atoms with E-state index in [1.165, 1.54) is 0 Å². The van der Waals surface area contributed by atoms with E-state index in [1.807, 2.05) is 18.2 Å². The van der Waals surface area contributed by atoms with Gasteiger partial charge in [-0.2, -0.15) is 5.10 Å². The van der Waals surface area contributed by atoms with Gasteiger partial charge in [-0.15, -0.1) is 0 Å². The van der Waals surface area contributed by atoms with Gasteiger partial charge < -0.3 is 10.1 Å². The summed E-state index contributed by atoms with van der Waals surface area (Å²) in [6.45, 7) is 0. The summed E-state index contributed by atoms with van der Waals surface area (Å²) in [6.07, 6.45) is 1.65. The van der Waals surface area contributed by atoms with Crippen LogP contribution in [0.25, 0.3) is 0 Å². The predicted octanol–water partition coefficient (Wildman–Crippen LogP) is 2.29. The van der Waals surface area contributed by atoms with Crippen LogP contribution in [0.15, 0.2) is 30.5 Å². The molecule has 1 aromatic carbocycles. The number of ether oxygens (including phenoxy) is 1. The van der Waals surface area contributed by atoms with Crippen molar-refractivity contribution in [1.29, 1.82) is 0 Å². The third kappa shape index (κ3) is 2.63. The SMILES string of the molecule is COc1cccc(NC(=O)c2c(I)cnn2C)c1. The molecule has 94 valence electrons. The molecule has 1 amide bonds. The van der Waals surface area contributed by atoms with E-state index < -0.39 is 0 Å². The van der Waals surface area contributed by atoms with Gasteiger partial charge in [0, 0.05) is 18.8 Å². The molecule has 0 bridgehead atoms. The zero-order valence-corrected chi connectivity index (χ0v) is 12.1. The van der Waals surface area contributed by atoms with Crippen LogP contribution >= 0.6 is 22.6 Å². The maximum atomic E-state index is 12.1. The molecule has 5 nitrogen and oxygen atoms in total. The number of hydrogen-bond donors (Lipinski definition) is 1. The molecule has 0 saturated heterocycles. The van der Waals surface area contributed by atoms with Crippen LogP contribution in [-0.4, -0.2) is 22.8 Å². The fraction of sp³-hybridized carbons (Fsp3) is 0.167. The van der Waals surface area contributed by atoms with Crippen LogP contribution in [0.2, 0.25) is 0 Å². The molecule has 0 unspecified atom stereocenters. The van der Waals surface area contributed by atoms with Gasteiger partial charge in [0.1, 0.15) is 11.4 Å². The lowest BCUT2D eigenvalue weighted by atomic mass is 10.3. The van der Waals surface area contributed by atoms with Crippen molar-refractivity contribution in [3.63, 3.8) is 0 Å². The van der Waals surface area contributed by atoms with Gasteiger partial charge in [0.25, 0.3) is 5.91 Å². The summed E-state index contributed by atoms with van der Waals surface area (Å²) in [5, 5.41) is 6.85. The molecule has 0 aliphatic carbocycles. The number of methoxy groups -OCH3 is 1. The second-order valence-electron chi connectivity index (χ2n) is 3.65. The summed E-state index contributed by atoms with van der Waals surface area (Å²) in [4.78, 5) is 12.1. The van der Waals surface area contributed by atoms with Crippen LogP contribution in [-0.2, 0) is 7.05 Å². The Morgan fingerprint density at radius 2 is 2.28 bits per heavy atom. The Labute approximate surface area is 118 Å². The Balaban J connectivity index is 2.21. The van der Waals surface area contributed by atoms with Crippen LogP contribution in [0.4, 0.5) is 5.69 Å². The van der Waals surface area contributed by atoms with Crippen LogP contribution in [0.1, 0.15) is 10.5 Å². The molecular weight excluding hydrogens is 345 g/mol.